The van der Waals surface area contributed by atoms with Gasteiger partial charge in [0.2, 0.25) is 5.91 Å². The summed E-state index contributed by atoms with van der Waals surface area (Å²) in [5.74, 6) is 0.245. The van der Waals surface area contributed by atoms with E-state index in [0.717, 1.165) is 11.1 Å². The minimum atomic E-state index is -0.155. The summed E-state index contributed by atoms with van der Waals surface area (Å²) in [4.78, 5) is 11.9. The predicted octanol–water partition coefficient (Wildman–Crippen LogP) is 3.38. The van der Waals surface area contributed by atoms with Gasteiger partial charge in [0.05, 0.1) is 13.5 Å². The first-order valence-corrected chi connectivity index (χ1v) is 7.03. The van der Waals surface area contributed by atoms with Crippen molar-refractivity contribution in [2.75, 3.05) is 7.11 Å². The van der Waals surface area contributed by atoms with Crippen LogP contribution >= 0.6 is 11.6 Å². The molecule has 0 fully saturated rings. The highest BCUT2D eigenvalue weighted by atomic mass is 35.5. The van der Waals surface area contributed by atoms with Crippen molar-refractivity contribution < 1.29 is 14.6 Å². The van der Waals surface area contributed by atoms with Gasteiger partial charge in [0.25, 0.3) is 0 Å². The van der Waals surface area contributed by atoms with Crippen molar-refractivity contribution in [1.29, 1.82) is 0 Å². The lowest BCUT2D eigenvalue weighted by Gasteiger charge is -2.06. The first-order valence-electron chi connectivity index (χ1n) is 6.66. The normalized spacial score (nSPS) is 10.6. The fraction of sp³-hybridized carbons (Fsp3) is 0.118. The molecule has 114 valence electrons. The number of nitrogens with one attached hydrogen (secondary N) is 1. The maximum atomic E-state index is 11.9. The number of hydrogen-bond acceptors (Lipinski definition) is 3. The highest BCUT2D eigenvalue weighted by molar-refractivity contribution is 6.30. The smallest absolute Gasteiger partial charge is 0.228 e. The van der Waals surface area contributed by atoms with Crippen LogP contribution in [0.25, 0.3) is 6.08 Å². The van der Waals surface area contributed by atoms with Gasteiger partial charge in [-0.1, -0.05) is 29.8 Å². The summed E-state index contributed by atoms with van der Waals surface area (Å²) >= 11 is 5.80. The van der Waals surface area contributed by atoms with Crippen LogP contribution in [0, 0.1) is 0 Å². The second-order valence-corrected chi connectivity index (χ2v) is 5.07. The molecule has 0 spiro atoms. The SMILES string of the molecule is COc1cc(CC(=O)N/C=C/c2ccc(Cl)cc2)ccc1O. The molecule has 0 unspecified atom stereocenters. The van der Waals surface area contributed by atoms with Crippen LogP contribution in [0.4, 0.5) is 0 Å². The van der Waals surface area contributed by atoms with E-state index in [4.69, 9.17) is 16.3 Å². The number of benzene rings is 2. The van der Waals surface area contributed by atoms with Crippen molar-refractivity contribution in [3.05, 3.63) is 64.8 Å². The van der Waals surface area contributed by atoms with Gasteiger partial charge < -0.3 is 15.2 Å². The Kier molecular flexibility index (Phi) is 5.44. The van der Waals surface area contributed by atoms with E-state index in [2.05, 4.69) is 5.32 Å². The van der Waals surface area contributed by atoms with Gasteiger partial charge >= 0.3 is 0 Å². The Hall–Kier alpha value is -2.46. The Morgan fingerprint density at radius 3 is 2.68 bits per heavy atom. The maximum Gasteiger partial charge on any atom is 0.228 e. The van der Waals surface area contributed by atoms with Crippen LogP contribution in [-0.4, -0.2) is 18.1 Å². The second kappa shape index (κ2) is 7.52. The van der Waals surface area contributed by atoms with E-state index in [1.165, 1.54) is 13.2 Å². The van der Waals surface area contributed by atoms with Gasteiger partial charge in [-0.25, -0.2) is 0 Å². The van der Waals surface area contributed by atoms with Crippen molar-refractivity contribution in [2.24, 2.45) is 0 Å². The second-order valence-electron chi connectivity index (χ2n) is 4.64. The van der Waals surface area contributed by atoms with Crippen LogP contribution in [0.3, 0.4) is 0 Å². The van der Waals surface area contributed by atoms with E-state index in [1.807, 2.05) is 12.1 Å². The number of phenols is 1. The minimum absolute atomic E-state index is 0.0503. The van der Waals surface area contributed by atoms with Crippen molar-refractivity contribution in [1.82, 2.24) is 5.32 Å². The summed E-state index contributed by atoms with van der Waals surface area (Å²) in [7, 11) is 1.47. The number of rotatable bonds is 5. The number of hydrogen-bond donors (Lipinski definition) is 2. The van der Waals surface area contributed by atoms with E-state index >= 15 is 0 Å². The predicted molar refractivity (Wildman–Crippen MR) is 87.0 cm³/mol. The van der Waals surface area contributed by atoms with Crippen molar-refractivity contribution >= 4 is 23.6 Å². The monoisotopic (exact) mass is 317 g/mol. The minimum Gasteiger partial charge on any atom is -0.504 e. The van der Waals surface area contributed by atoms with Crippen molar-refractivity contribution in [3.8, 4) is 11.5 Å². The van der Waals surface area contributed by atoms with E-state index in [0.29, 0.717) is 10.8 Å². The topological polar surface area (TPSA) is 58.6 Å². The molecule has 22 heavy (non-hydrogen) atoms. The highest BCUT2D eigenvalue weighted by Gasteiger charge is 2.06. The third kappa shape index (κ3) is 4.53. The molecule has 2 aromatic carbocycles. The quantitative estimate of drug-likeness (QED) is 0.888. The van der Waals surface area contributed by atoms with Crippen LogP contribution in [0.15, 0.2) is 48.7 Å². The van der Waals surface area contributed by atoms with E-state index < -0.39 is 0 Å². The van der Waals surface area contributed by atoms with Gasteiger partial charge in [-0.3, -0.25) is 4.79 Å². The van der Waals surface area contributed by atoms with Crippen molar-refractivity contribution in [2.45, 2.75) is 6.42 Å². The first kappa shape index (κ1) is 15.9. The lowest BCUT2D eigenvalue weighted by molar-refractivity contribution is -0.119. The average Bonchev–Trinajstić information content (AvgIpc) is 2.51. The molecule has 4 nitrogen and oxygen atoms in total. The molecule has 2 N–H and O–H groups in total. The molecule has 0 aliphatic carbocycles. The molecule has 0 atom stereocenters. The molecule has 0 bridgehead atoms. The fourth-order valence-electron chi connectivity index (χ4n) is 1.87. The summed E-state index contributed by atoms with van der Waals surface area (Å²) in [5.41, 5.74) is 1.70. The van der Waals surface area contributed by atoms with Crippen LogP contribution < -0.4 is 10.1 Å². The molecule has 0 saturated carbocycles. The molecule has 2 aromatic rings. The van der Waals surface area contributed by atoms with Gasteiger partial charge in [-0.05, 0) is 41.5 Å². The molecule has 0 aromatic heterocycles. The molecule has 2 rings (SSSR count). The number of halogens is 1. The maximum absolute atomic E-state index is 11.9. The fourth-order valence-corrected chi connectivity index (χ4v) is 2.00. The van der Waals surface area contributed by atoms with E-state index in [1.54, 1.807) is 36.5 Å². The molecule has 0 aliphatic heterocycles. The number of aromatic hydroxyl groups is 1. The van der Waals surface area contributed by atoms with E-state index in [-0.39, 0.29) is 18.1 Å². The van der Waals surface area contributed by atoms with Gasteiger partial charge in [0, 0.05) is 11.2 Å². The zero-order valence-corrected chi connectivity index (χ0v) is 12.8. The highest BCUT2D eigenvalue weighted by Crippen LogP contribution is 2.26. The Labute approximate surface area is 134 Å². The number of phenolic OH excluding ortho intramolecular Hbond substituents is 1. The van der Waals surface area contributed by atoms with Gasteiger partial charge in [-0.2, -0.15) is 0 Å². The number of carbonyl (C=O) groups excluding carboxylic acids is 1. The Balaban J connectivity index is 1.91. The lowest BCUT2D eigenvalue weighted by Crippen LogP contribution is -2.19. The van der Waals surface area contributed by atoms with E-state index in [9.17, 15) is 9.90 Å². The number of methoxy groups -OCH3 is 1. The van der Waals surface area contributed by atoms with Gasteiger partial charge in [0.15, 0.2) is 11.5 Å². The lowest BCUT2D eigenvalue weighted by atomic mass is 10.1. The number of amides is 1. The summed E-state index contributed by atoms with van der Waals surface area (Å²) in [6.07, 6.45) is 3.57. The number of ether oxygens (including phenoxy) is 1. The average molecular weight is 318 g/mol. The first-order chi connectivity index (χ1) is 10.6. The molecule has 0 heterocycles. The zero-order valence-electron chi connectivity index (χ0n) is 12.0. The summed E-state index contributed by atoms with van der Waals surface area (Å²) in [6.45, 7) is 0. The van der Waals surface area contributed by atoms with Gasteiger partial charge in [0.1, 0.15) is 0 Å². The zero-order chi connectivity index (χ0) is 15.9. The Bertz CT molecular complexity index is 681. The molecular weight excluding hydrogens is 302 g/mol. The number of carbonyl (C=O) groups is 1. The molecule has 0 saturated heterocycles. The third-order valence-corrected chi connectivity index (χ3v) is 3.25. The van der Waals surface area contributed by atoms with Crippen molar-refractivity contribution in [3.63, 3.8) is 0 Å². The van der Waals surface area contributed by atoms with Crippen LogP contribution in [0.2, 0.25) is 5.02 Å². The Morgan fingerprint density at radius 2 is 2.00 bits per heavy atom. The molecule has 5 heteroatoms. The molecular formula is C17H16ClNO3. The molecule has 0 radical (unpaired) electrons. The van der Waals surface area contributed by atoms with Crippen LogP contribution in [0.1, 0.15) is 11.1 Å². The van der Waals surface area contributed by atoms with Crippen LogP contribution in [0.5, 0.6) is 11.5 Å². The molecule has 0 aliphatic rings. The van der Waals surface area contributed by atoms with Gasteiger partial charge in [-0.15, -0.1) is 0 Å². The summed E-state index contributed by atoms with van der Waals surface area (Å²) in [5, 5.41) is 12.9. The third-order valence-electron chi connectivity index (χ3n) is 3.00. The van der Waals surface area contributed by atoms with Crippen LogP contribution in [-0.2, 0) is 11.2 Å². The largest absolute Gasteiger partial charge is 0.504 e. The standard InChI is InChI=1S/C17H16ClNO3/c1-22-16-10-13(4-7-15(16)20)11-17(21)19-9-8-12-2-5-14(18)6-3-12/h2-10,20H,11H2,1H3,(H,19,21)/b9-8+. The molecule has 1 amide bonds. The Morgan fingerprint density at radius 1 is 1.27 bits per heavy atom. The summed E-state index contributed by atoms with van der Waals surface area (Å²) in [6, 6.07) is 12.1. The summed E-state index contributed by atoms with van der Waals surface area (Å²) < 4.78 is 5.01.